The van der Waals surface area contributed by atoms with Crippen LogP contribution in [0, 0.1) is 17.3 Å². The van der Waals surface area contributed by atoms with Crippen LogP contribution in [0.1, 0.15) is 56.1 Å². The molecular formula is C19H26OS. The summed E-state index contributed by atoms with van der Waals surface area (Å²) in [6.07, 6.45) is 10.4. The Bertz CT molecular complexity index is 554. The number of fused-ring (bicyclic) bond motifs is 5. The molecular weight excluding hydrogens is 276 g/mol. The lowest BCUT2D eigenvalue weighted by Crippen LogP contribution is -2.43. The van der Waals surface area contributed by atoms with Crippen molar-refractivity contribution >= 4 is 11.8 Å². The van der Waals surface area contributed by atoms with Crippen LogP contribution < -0.4 is 0 Å². The minimum Gasteiger partial charge on any atom is -0.508 e. The third-order valence-corrected chi connectivity index (χ3v) is 8.25. The fourth-order valence-corrected chi connectivity index (χ4v) is 7.11. The molecule has 0 unspecified atom stereocenters. The van der Waals surface area contributed by atoms with Gasteiger partial charge in [0, 0.05) is 5.25 Å². The standard InChI is InChI=1S/C19H26OS/c1-19-10-9-15-14-6-4-13(20)11-12(14)3-5-16(15)17(19)7-8-18(19)21-2/h4,6,11,15-18,20H,3,5,7-10H2,1-2H3/t15-,16+,17+,18+,19+/m1/s1. The summed E-state index contributed by atoms with van der Waals surface area (Å²) in [6.45, 7) is 2.58. The van der Waals surface area contributed by atoms with Gasteiger partial charge in [-0.05, 0) is 91.2 Å². The summed E-state index contributed by atoms with van der Waals surface area (Å²) in [5.41, 5.74) is 3.55. The summed E-state index contributed by atoms with van der Waals surface area (Å²) in [5, 5.41) is 10.6. The van der Waals surface area contributed by atoms with E-state index in [4.69, 9.17) is 0 Å². The maximum atomic E-state index is 9.74. The van der Waals surface area contributed by atoms with Crippen LogP contribution >= 0.6 is 11.8 Å². The maximum Gasteiger partial charge on any atom is 0.115 e. The van der Waals surface area contributed by atoms with Crippen molar-refractivity contribution in [2.75, 3.05) is 6.26 Å². The monoisotopic (exact) mass is 302 g/mol. The number of thioether (sulfide) groups is 1. The van der Waals surface area contributed by atoms with Gasteiger partial charge in [0.1, 0.15) is 5.75 Å². The zero-order valence-electron chi connectivity index (χ0n) is 13.1. The molecule has 0 radical (unpaired) electrons. The second kappa shape index (κ2) is 4.94. The second-order valence-electron chi connectivity index (χ2n) is 7.64. The first-order valence-electron chi connectivity index (χ1n) is 8.48. The fourth-order valence-electron chi connectivity index (χ4n) is 5.91. The molecule has 0 aliphatic heterocycles. The van der Waals surface area contributed by atoms with Crippen LogP contribution in [0.2, 0.25) is 0 Å². The van der Waals surface area contributed by atoms with E-state index < -0.39 is 0 Å². The van der Waals surface area contributed by atoms with E-state index in [0.717, 1.165) is 23.0 Å². The molecule has 2 heteroatoms. The Balaban J connectivity index is 1.68. The molecule has 5 atom stereocenters. The van der Waals surface area contributed by atoms with Crippen molar-refractivity contribution in [2.45, 2.75) is 56.6 Å². The highest BCUT2D eigenvalue weighted by atomic mass is 32.2. The largest absolute Gasteiger partial charge is 0.508 e. The number of hydrogen-bond donors (Lipinski definition) is 1. The van der Waals surface area contributed by atoms with Crippen molar-refractivity contribution in [1.82, 2.24) is 0 Å². The number of aryl methyl sites for hydroxylation is 1. The highest BCUT2D eigenvalue weighted by molar-refractivity contribution is 7.99. The Kier molecular flexibility index (Phi) is 3.29. The SMILES string of the molecule is CS[C@H]1CC[C@H]2[C@H]3CCc4cc(O)ccc4[C@H]3CC[C@]12C. The first-order valence-corrected chi connectivity index (χ1v) is 9.77. The third kappa shape index (κ3) is 1.98. The van der Waals surface area contributed by atoms with E-state index in [2.05, 4.69) is 31.0 Å². The molecule has 21 heavy (non-hydrogen) atoms. The molecule has 1 aromatic carbocycles. The van der Waals surface area contributed by atoms with Crippen LogP contribution in [-0.4, -0.2) is 16.6 Å². The van der Waals surface area contributed by atoms with Gasteiger partial charge < -0.3 is 5.11 Å². The Hall–Kier alpha value is -0.630. The Morgan fingerprint density at radius 3 is 2.86 bits per heavy atom. The molecule has 3 aliphatic rings. The molecule has 2 fully saturated rings. The molecule has 4 rings (SSSR count). The zero-order valence-corrected chi connectivity index (χ0v) is 14.0. The van der Waals surface area contributed by atoms with E-state index in [1.165, 1.54) is 44.1 Å². The van der Waals surface area contributed by atoms with Crippen molar-refractivity contribution in [3.05, 3.63) is 29.3 Å². The molecule has 1 aromatic rings. The molecule has 0 aromatic heterocycles. The Labute approximate surface area is 132 Å². The molecule has 0 amide bonds. The van der Waals surface area contributed by atoms with Crippen molar-refractivity contribution in [1.29, 1.82) is 0 Å². The highest BCUT2D eigenvalue weighted by Crippen LogP contribution is 2.62. The predicted molar refractivity (Wildman–Crippen MR) is 90.0 cm³/mol. The lowest BCUT2D eigenvalue weighted by Gasteiger charge is -2.50. The first-order chi connectivity index (χ1) is 10.1. The number of rotatable bonds is 1. The average Bonchev–Trinajstić information content (AvgIpc) is 2.83. The van der Waals surface area contributed by atoms with Crippen LogP contribution in [-0.2, 0) is 6.42 Å². The van der Waals surface area contributed by atoms with Crippen molar-refractivity contribution in [2.24, 2.45) is 17.3 Å². The van der Waals surface area contributed by atoms with Gasteiger partial charge in [0.25, 0.3) is 0 Å². The Morgan fingerprint density at radius 2 is 2.05 bits per heavy atom. The molecule has 0 saturated heterocycles. The van der Waals surface area contributed by atoms with Crippen LogP contribution in [0.15, 0.2) is 18.2 Å². The Morgan fingerprint density at radius 1 is 1.19 bits per heavy atom. The van der Waals surface area contributed by atoms with Gasteiger partial charge in [-0.15, -0.1) is 0 Å². The van der Waals surface area contributed by atoms with Crippen molar-refractivity contribution in [3.8, 4) is 5.75 Å². The summed E-state index contributed by atoms with van der Waals surface area (Å²) >= 11 is 2.11. The molecule has 2 saturated carbocycles. The van der Waals surface area contributed by atoms with E-state index in [1.807, 2.05) is 12.1 Å². The van der Waals surface area contributed by atoms with Gasteiger partial charge >= 0.3 is 0 Å². The summed E-state index contributed by atoms with van der Waals surface area (Å²) < 4.78 is 0. The summed E-state index contributed by atoms with van der Waals surface area (Å²) in [6, 6.07) is 6.12. The molecule has 3 aliphatic carbocycles. The van der Waals surface area contributed by atoms with E-state index in [9.17, 15) is 5.11 Å². The topological polar surface area (TPSA) is 20.2 Å². The first kappa shape index (κ1) is 14.0. The maximum absolute atomic E-state index is 9.74. The van der Waals surface area contributed by atoms with Crippen LogP contribution in [0.4, 0.5) is 0 Å². The normalized spacial score (nSPS) is 41.2. The van der Waals surface area contributed by atoms with E-state index >= 15 is 0 Å². The molecule has 0 bridgehead atoms. The van der Waals surface area contributed by atoms with Gasteiger partial charge in [-0.2, -0.15) is 11.8 Å². The predicted octanol–water partition coefficient (Wildman–Crippen LogP) is 4.98. The number of phenolic OH excluding ortho intramolecular Hbond substituents is 1. The number of benzene rings is 1. The zero-order chi connectivity index (χ0) is 14.6. The van der Waals surface area contributed by atoms with Gasteiger partial charge in [-0.3, -0.25) is 0 Å². The smallest absolute Gasteiger partial charge is 0.115 e. The van der Waals surface area contributed by atoms with Crippen LogP contribution in [0.3, 0.4) is 0 Å². The molecule has 0 spiro atoms. The van der Waals surface area contributed by atoms with Crippen LogP contribution in [0.5, 0.6) is 5.75 Å². The van der Waals surface area contributed by atoms with Crippen LogP contribution in [0.25, 0.3) is 0 Å². The summed E-state index contributed by atoms with van der Waals surface area (Å²) in [7, 11) is 0. The number of hydrogen-bond acceptors (Lipinski definition) is 2. The lowest BCUT2D eigenvalue weighted by molar-refractivity contribution is 0.0631. The third-order valence-electron chi connectivity index (χ3n) is 6.91. The lowest BCUT2D eigenvalue weighted by atomic mass is 9.56. The van der Waals surface area contributed by atoms with Gasteiger partial charge in [0.05, 0.1) is 0 Å². The van der Waals surface area contributed by atoms with E-state index in [0.29, 0.717) is 11.2 Å². The molecule has 114 valence electrons. The fraction of sp³-hybridized carbons (Fsp3) is 0.684. The van der Waals surface area contributed by atoms with Gasteiger partial charge in [-0.1, -0.05) is 13.0 Å². The molecule has 1 nitrogen and oxygen atoms in total. The van der Waals surface area contributed by atoms with Crippen molar-refractivity contribution in [3.63, 3.8) is 0 Å². The van der Waals surface area contributed by atoms with Gasteiger partial charge in [0.2, 0.25) is 0 Å². The summed E-state index contributed by atoms with van der Waals surface area (Å²) in [4.78, 5) is 0. The van der Waals surface area contributed by atoms with E-state index in [1.54, 1.807) is 5.56 Å². The second-order valence-corrected chi connectivity index (χ2v) is 8.69. The highest BCUT2D eigenvalue weighted by Gasteiger charge is 2.54. The quantitative estimate of drug-likeness (QED) is 0.789. The van der Waals surface area contributed by atoms with Crippen molar-refractivity contribution < 1.29 is 5.11 Å². The summed E-state index contributed by atoms with van der Waals surface area (Å²) in [5.74, 6) is 3.01. The molecule has 0 heterocycles. The van der Waals surface area contributed by atoms with E-state index in [-0.39, 0.29) is 0 Å². The van der Waals surface area contributed by atoms with Gasteiger partial charge in [0.15, 0.2) is 0 Å². The minimum absolute atomic E-state index is 0.441. The minimum atomic E-state index is 0.441. The average molecular weight is 302 g/mol. The molecule has 1 N–H and O–H groups in total. The van der Waals surface area contributed by atoms with Gasteiger partial charge in [-0.25, -0.2) is 0 Å². The number of aromatic hydroxyl groups is 1. The number of phenols is 1.